The molecule has 0 aliphatic carbocycles. The molecule has 0 atom stereocenters. The first-order valence-corrected chi connectivity index (χ1v) is 11.7. The van der Waals surface area contributed by atoms with Gasteiger partial charge in [-0.3, -0.25) is 4.90 Å². The summed E-state index contributed by atoms with van der Waals surface area (Å²) in [6.07, 6.45) is 0.983. The van der Waals surface area contributed by atoms with Gasteiger partial charge in [-0.05, 0) is 60.9 Å². The molecule has 1 aliphatic rings. The molecule has 0 spiro atoms. The van der Waals surface area contributed by atoms with Gasteiger partial charge in [0.1, 0.15) is 12.4 Å². The molecule has 0 aromatic heterocycles. The molecule has 33 heavy (non-hydrogen) atoms. The van der Waals surface area contributed by atoms with Gasteiger partial charge in [-0.2, -0.15) is 0 Å². The summed E-state index contributed by atoms with van der Waals surface area (Å²) in [5.41, 5.74) is 4.28. The lowest BCUT2D eigenvalue weighted by atomic mass is 10.1. The van der Waals surface area contributed by atoms with Crippen LogP contribution >= 0.6 is 0 Å². The van der Waals surface area contributed by atoms with Gasteiger partial charge in [-0.15, -0.1) is 0 Å². The lowest BCUT2D eigenvalue weighted by Gasteiger charge is -2.36. The first-order valence-electron chi connectivity index (χ1n) is 11.7. The molecule has 5 nitrogen and oxygen atoms in total. The second-order valence-electron chi connectivity index (χ2n) is 8.26. The Hall–Kier alpha value is -3.31. The number of nitrogens with zero attached hydrogens (tertiary/aromatic N) is 2. The Morgan fingerprint density at radius 1 is 0.818 bits per heavy atom. The van der Waals surface area contributed by atoms with Crippen LogP contribution in [0.3, 0.4) is 0 Å². The fraction of sp³-hybridized carbons (Fsp3) is 0.321. The highest BCUT2D eigenvalue weighted by molar-refractivity contribution is 5.89. The zero-order valence-corrected chi connectivity index (χ0v) is 19.3. The predicted octanol–water partition coefficient (Wildman–Crippen LogP) is 4.81. The molecule has 1 aliphatic heterocycles. The maximum atomic E-state index is 11.8. The molecule has 0 unspecified atom stereocenters. The second kappa shape index (κ2) is 11.5. The van der Waals surface area contributed by atoms with Gasteiger partial charge >= 0.3 is 5.97 Å². The van der Waals surface area contributed by atoms with Gasteiger partial charge in [-0.1, -0.05) is 42.5 Å². The minimum atomic E-state index is -0.254. The Balaban J connectivity index is 1.20. The second-order valence-corrected chi connectivity index (χ2v) is 8.26. The first kappa shape index (κ1) is 22.9. The van der Waals surface area contributed by atoms with Crippen molar-refractivity contribution in [1.29, 1.82) is 0 Å². The van der Waals surface area contributed by atoms with E-state index in [-0.39, 0.29) is 5.97 Å². The molecule has 4 rings (SSSR count). The van der Waals surface area contributed by atoms with Gasteiger partial charge in [-0.25, -0.2) is 4.79 Å². The van der Waals surface area contributed by atoms with E-state index in [4.69, 9.17) is 9.47 Å². The van der Waals surface area contributed by atoms with Gasteiger partial charge in [0.25, 0.3) is 0 Å². The number of hydrogen-bond acceptors (Lipinski definition) is 5. The quantitative estimate of drug-likeness (QED) is 0.443. The molecule has 0 saturated carbocycles. The highest BCUT2D eigenvalue weighted by atomic mass is 16.5. The molecule has 172 valence electrons. The van der Waals surface area contributed by atoms with Crippen molar-refractivity contribution in [2.75, 3.05) is 44.2 Å². The van der Waals surface area contributed by atoms with Crippen LogP contribution in [-0.2, 0) is 17.8 Å². The zero-order chi connectivity index (χ0) is 22.9. The Kier molecular flexibility index (Phi) is 7.99. The van der Waals surface area contributed by atoms with Crippen molar-refractivity contribution < 1.29 is 14.3 Å². The van der Waals surface area contributed by atoms with Gasteiger partial charge in [0.15, 0.2) is 0 Å². The normalized spacial score (nSPS) is 14.2. The van der Waals surface area contributed by atoms with Crippen LogP contribution in [0.2, 0.25) is 0 Å². The average Bonchev–Trinajstić information content (AvgIpc) is 2.88. The molecule has 1 saturated heterocycles. The van der Waals surface area contributed by atoms with E-state index in [1.165, 1.54) is 16.8 Å². The highest BCUT2D eigenvalue weighted by Gasteiger charge is 2.17. The number of piperazine rings is 1. The van der Waals surface area contributed by atoms with Crippen molar-refractivity contribution in [1.82, 2.24) is 4.90 Å². The van der Waals surface area contributed by atoms with Crippen molar-refractivity contribution >= 4 is 11.7 Å². The van der Waals surface area contributed by atoms with Gasteiger partial charge in [0.05, 0.1) is 12.2 Å². The van der Waals surface area contributed by atoms with E-state index in [2.05, 4.69) is 46.2 Å². The Morgan fingerprint density at radius 3 is 2.18 bits per heavy atom. The van der Waals surface area contributed by atoms with Gasteiger partial charge < -0.3 is 14.4 Å². The minimum Gasteiger partial charge on any atom is -0.489 e. The largest absolute Gasteiger partial charge is 0.489 e. The molecule has 1 fully saturated rings. The van der Waals surface area contributed by atoms with Crippen molar-refractivity contribution in [2.24, 2.45) is 0 Å². The Morgan fingerprint density at radius 2 is 1.52 bits per heavy atom. The monoisotopic (exact) mass is 444 g/mol. The van der Waals surface area contributed by atoms with Crippen LogP contribution in [-0.4, -0.2) is 50.2 Å². The molecule has 0 N–H and O–H groups in total. The standard InChI is InChI=1S/C28H32N2O3/c1-2-32-28(31)25-10-8-23(9-11-25)16-17-29-18-20-30(21-19-29)26-12-14-27(15-13-26)33-22-24-6-4-3-5-7-24/h3-15H,2,16-22H2,1H3. The number of carbonyl (C=O) groups is 1. The molecular weight excluding hydrogens is 412 g/mol. The molecule has 5 heteroatoms. The lowest BCUT2D eigenvalue weighted by Crippen LogP contribution is -2.46. The SMILES string of the molecule is CCOC(=O)c1ccc(CCN2CCN(c3ccc(OCc4ccccc4)cc3)CC2)cc1. The fourth-order valence-electron chi connectivity index (χ4n) is 4.03. The average molecular weight is 445 g/mol. The molecule has 1 heterocycles. The third kappa shape index (κ3) is 6.59. The molecule has 3 aromatic carbocycles. The predicted molar refractivity (Wildman–Crippen MR) is 132 cm³/mol. The van der Waals surface area contributed by atoms with Crippen LogP contribution in [0.5, 0.6) is 5.75 Å². The van der Waals surface area contributed by atoms with E-state index in [0.717, 1.165) is 44.9 Å². The topological polar surface area (TPSA) is 42.0 Å². The van der Waals surface area contributed by atoms with Crippen molar-refractivity contribution in [3.05, 3.63) is 95.6 Å². The van der Waals surface area contributed by atoms with Crippen LogP contribution < -0.4 is 9.64 Å². The van der Waals surface area contributed by atoms with E-state index < -0.39 is 0 Å². The number of rotatable bonds is 9. The first-order chi connectivity index (χ1) is 16.2. The number of anilines is 1. The van der Waals surface area contributed by atoms with E-state index in [1.54, 1.807) is 0 Å². The van der Waals surface area contributed by atoms with Crippen LogP contribution in [0.15, 0.2) is 78.9 Å². The maximum Gasteiger partial charge on any atom is 0.338 e. The third-order valence-electron chi connectivity index (χ3n) is 6.00. The van der Waals surface area contributed by atoms with Crippen molar-refractivity contribution in [3.63, 3.8) is 0 Å². The van der Waals surface area contributed by atoms with Gasteiger partial charge in [0.2, 0.25) is 0 Å². The smallest absolute Gasteiger partial charge is 0.338 e. The summed E-state index contributed by atoms with van der Waals surface area (Å²) in [6.45, 7) is 7.98. The maximum absolute atomic E-state index is 11.8. The summed E-state index contributed by atoms with van der Waals surface area (Å²) >= 11 is 0. The van der Waals surface area contributed by atoms with Crippen LogP contribution in [0.4, 0.5) is 5.69 Å². The van der Waals surface area contributed by atoms with E-state index >= 15 is 0 Å². The summed E-state index contributed by atoms with van der Waals surface area (Å²) in [6, 6.07) is 26.4. The molecule has 0 amide bonds. The molecule has 3 aromatic rings. The minimum absolute atomic E-state index is 0.254. The van der Waals surface area contributed by atoms with Crippen LogP contribution in [0.25, 0.3) is 0 Å². The van der Waals surface area contributed by atoms with Crippen molar-refractivity contribution in [2.45, 2.75) is 20.0 Å². The number of hydrogen-bond donors (Lipinski definition) is 0. The van der Waals surface area contributed by atoms with E-state index in [0.29, 0.717) is 18.8 Å². The lowest BCUT2D eigenvalue weighted by molar-refractivity contribution is 0.0526. The van der Waals surface area contributed by atoms with Crippen LogP contribution in [0.1, 0.15) is 28.4 Å². The Labute approximate surface area is 196 Å². The summed E-state index contributed by atoms with van der Waals surface area (Å²) in [5, 5.41) is 0. The summed E-state index contributed by atoms with van der Waals surface area (Å²) in [4.78, 5) is 16.7. The number of carbonyl (C=O) groups excluding carboxylic acids is 1. The molecular formula is C28H32N2O3. The highest BCUT2D eigenvalue weighted by Crippen LogP contribution is 2.21. The number of esters is 1. The van der Waals surface area contributed by atoms with Gasteiger partial charge in [0, 0.05) is 38.4 Å². The van der Waals surface area contributed by atoms with E-state index in [1.807, 2.05) is 49.4 Å². The van der Waals surface area contributed by atoms with Crippen LogP contribution in [0, 0.1) is 0 Å². The van der Waals surface area contributed by atoms with Crippen molar-refractivity contribution in [3.8, 4) is 5.75 Å². The Bertz CT molecular complexity index is 996. The zero-order valence-electron chi connectivity index (χ0n) is 19.3. The fourth-order valence-corrected chi connectivity index (χ4v) is 4.03. The molecule has 0 radical (unpaired) electrons. The molecule has 0 bridgehead atoms. The number of ether oxygens (including phenoxy) is 2. The summed E-state index contributed by atoms with van der Waals surface area (Å²) in [5.74, 6) is 0.645. The van der Waals surface area contributed by atoms with E-state index in [9.17, 15) is 4.79 Å². The number of benzene rings is 3. The summed E-state index contributed by atoms with van der Waals surface area (Å²) in [7, 11) is 0. The summed E-state index contributed by atoms with van der Waals surface area (Å²) < 4.78 is 11.0. The third-order valence-corrected chi connectivity index (χ3v) is 6.00.